The SMILES string of the molecule is CC(=O)OC1C(COC(O)C(OC(=O)c2ccccc2)C(OC(=O)c2ccccc2)C(CCOC(=O)c2ccccc2)OC(=O)c2ccccc2)OC(O)C(OC(=O)c2ccccc2)C1OC(O)C(OC(=O)c1ccccc1)C(OC(=O)c1ccccc1)C(CCOC(=O)c1ccccc1)OC(=O)c1ccccc1. The van der Waals surface area contributed by atoms with Gasteiger partial charge in [-0.25, -0.2) is 43.2 Å². The van der Waals surface area contributed by atoms with Crippen LogP contribution in [-0.2, 0) is 66.4 Å². The number of esters is 10. The standard InChI is InChI=1S/C83H74O26/c1-52(84)100-67-64(51-99-81(94)69(107-78(91)59-41-23-8-24-42-59)65(104-76(89)57-37-19-6-20-38-57)62(101-74(87)55-33-15-4-16-34-55)47-49-97-72(85)53-29-11-2-12-30-53)103-82(95)71(109-80(93)61-45-27-10-28-46-61)68(67)106-83(96)70(108-79(92)60-43-25-9-26-44-60)66(105-77(90)58-39-21-7-22-40-58)63(102-75(88)56-35-17-5-18-36-56)48-50-98-73(86)54-31-13-3-14-32-54/h2-46,62-71,81-83,94-96H,47-51H2,1H3. The second-order valence-corrected chi connectivity index (χ2v) is 24.2. The van der Waals surface area contributed by atoms with E-state index >= 15 is 0 Å². The Bertz CT molecular complexity index is 4450. The summed E-state index contributed by atoms with van der Waals surface area (Å²) in [6.45, 7) is -1.43. The molecular formula is C83H74O26. The maximum Gasteiger partial charge on any atom is 0.338 e. The van der Waals surface area contributed by atoms with Crippen LogP contribution in [0.1, 0.15) is 113 Å². The molecule has 10 rings (SSSR count). The first-order valence-corrected chi connectivity index (χ1v) is 34.3. The Morgan fingerprint density at radius 2 is 0.587 bits per heavy atom. The highest BCUT2D eigenvalue weighted by atomic mass is 16.7. The van der Waals surface area contributed by atoms with Gasteiger partial charge in [-0.2, -0.15) is 0 Å². The largest absolute Gasteiger partial charge is 0.462 e. The normalized spacial score (nSPS) is 17.4. The minimum Gasteiger partial charge on any atom is -0.462 e. The fourth-order valence-corrected chi connectivity index (χ4v) is 11.3. The van der Waals surface area contributed by atoms with Gasteiger partial charge in [-0.3, -0.25) is 4.79 Å². The summed E-state index contributed by atoms with van der Waals surface area (Å²) in [5.41, 5.74) is -0.538. The smallest absolute Gasteiger partial charge is 0.338 e. The van der Waals surface area contributed by atoms with E-state index in [1.165, 1.54) is 194 Å². The van der Waals surface area contributed by atoms with Crippen LogP contribution in [0.25, 0.3) is 0 Å². The molecule has 26 heteroatoms. The van der Waals surface area contributed by atoms with E-state index in [-0.39, 0.29) is 50.1 Å². The third-order valence-corrected chi connectivity index (χ3v) is 16.7. The molecule has 0 amide bonds. The van der Waals surface area contributed by atoms with E-state index in [9.17, 15) is 63.3 Å². The molecule has 0 saturated carbocycles. The zero-order chi connectivity index (χ0) is 77.0. The predicted octanol–water partition coefficient (Wildman–Crippen LogP) is 9.75. The van der Waals surface area contributed by atoms with Crippen LogP contribution < -0.4 is 0 Å². The van der Waals surface area contributed by atoms with Gasteiger partial charge < -0.3 is 76.9 Å². The maximum absolute atomic E-state index is 14.7. The Morgan fingerprint density at radius 1 is 0.321 bits per heavy atom. The predicted molar refractivity (Wildman–Crippen MR) is 381 cm³/mol. The Hall–Kier alpha value is -12.6. The van der Waals surface area contributed by atoms with Gasteiger partial charge in [-0.15, -0.1) is 0 Å². The van der Waals surface area contributed by atoms with Gasteiger partial charge >= 0.3 is 59.7 Å². The summed E-state index contributed by atoms with van der Waals surface area (Å²) < 4.78 is 78.6. The molecule has 1 saturated heterocycles. The van der Waals surface area contributed by atoms with Crippen molar-refractivity contribution < 1.29 is 125 Å². The van der Waals surface area contributed by atoms with E-state index < -0.39 is 172 Å². The number of hydrogen-bond donors (Lipinski definition) is 3. The van der Waals surface area contributed by atoms with Crippen molar-refractivity contribution in [3.63, 3.8) is 0 Å². The Kier molecular flexibility index (Phi) is 28.8. The number of carbonyl (C=O) groups excluding carboxylic acids is 10. The molecule has 9 aromatic rings. The molecular weight excluding hydrogens is 1410 g/mol. The first kappa shape index (κ1) is 79.0. The molecule has 109 heavy (non-hydrogen) atoms. The molecule has 26 nitrogen and oxygen atoms in total. The van der Waals surface area contributed by atoms with Crippen molar-refractivity contribution in [1.82, 2.24) is 0 Å². The summed E-state index contributed by atoms with van der Waals surface area (Å²) >= 11 is 0. The van der Waals surface area contributed by atoms with Crippen LogP contribution in [-0.4, -0.2) is 175 Å². The van der Waals surface area contributed by atoms with Crippen LogP contribution in [0.2, 0.25) is 0 Å². The number of ether oxygens (including phenoxy) is 13. The Labute approximate surface area is 624 Å². The van der Waals surface area contributed by atoms with E-state index in [2.05, 4.69) is 0 Å². The average Bonchev–Trinajstić information content (AvgIpc) is 0.781. The molecule has 3 N–H and O–H groups in total. The summed E-state index contributed by atoms with van der Waals surface area (Å²) in [4.78, 5) is 142. The molecule has 13 atom stereocenters. The van der Waals surface area contributed by atoms with Crippen molar-refractivity contribution in [3.05, 3.63) is 323 Å². The molecule has 0 spiro atoms. The van der Waals surface area contributed by atoms with Crippen molar-refractivity contribution in [2.24, 2.45) is 0 Å². The van der Waals surface area contributed by atoms with E-state index in [1.54, 1.807) is 78.9 Å². The monoisotopic (exact) mass is 1490 g/mol. The number of benzene rings is 9. The Morgan fingerprint density at radius 3 is 0.890 bits per heavy atom. The first-order valence-electron chi connectivity index (χ1n) is 34.3. The lowest BCUT2D eigenvalue weighted by molar-refractivity contribution is -0.331. The van der Waals surface area contributed by atoms with Crippen LogP contribution in [0.5, 0.6) is 0 Å². The highest BCUT2D eigenvalue weighted by molar-refractivity contribution is 5.94. The molecule has 0 radical (unpaired) electrons. The van der Waals surface area contributed by atoms with Gasteiger partial charge in [-0.05, 0) is 109 Å². The van der Waals surface area contributed by atoms with E-state index in [0.29, 0.717) is 0 Å². The fraction of sp³-hybridized carbons (Fsp3) is 0.229. The van der Waals surface area contributed by atoms with E-state index in [0.717, 1.165) is 6.92 Å². The topological polar surface area (TPSA) is 351 Å². The lowest BCUT2D eigenvalue weighted by Crippen LogP contribution is -2.64. The molecule has 1 heterocycles. The quantitative estimate of drug-likeness (QED) is 0.0192. The third-order valence-electron chi connectivity index (χ3n) is 16.7. The average molecular weight is 1490 g/mol. The molecule has 13 unspecified atom stereocenters. The van der Waals surface area contributed by atoms with Crippen molar-refractivity contribution in [3.8, 4) is 0 Å². The Balaban J connectivity index is 1.06. The molecule has 1 fully saturated rings. The molecule has 1 aliphatic rings. The van der Waals surface area contributed by atoms with Crippen LogP contribution >= 0.6 is 0 Å². The minimum atomic E-state index is -2.80. The second-order valence-electron chi connectivity index (χ2n) is 24.2. The van der Waals surface area contributed by atoms with E-state index in [4.69, 9.17) is 61.6 Å². The van der Waals surface area contributed by atoms with Gasteiger partial charge in [0, 0.05) is 19.8 Å². The summed E-state index contributed by atoms with van der Waals surface area (Å²) in [6.07, 6.45) is -30.7. The molecule has 0 aliphatic carbocycles. The lowest BCUT2D eigenvalue weighted by atomic mass is 9.97. The van der Waals surface area contributed by atoms with Gasteiger partial charge in [0.2, 0.25) is 0 Å². The van der Waals surface area contributed by atoms with Gasteiger partial charge in [0.1, 0.15) is 24.4 Å². The molecule has 0 bridgehead atoms. The highest BCUT2D eigenvalue weighted by Crippen LogP contribution is 2.34. The van der Waals surface area contributed by atoms with Gasteiger partial charge in [-0.1, -0.05) is 164 Å². The van der Waals surface area contributed by atoms with Gasteiger partial charge in [0.15, 0.2) is 55.5 Å². The first-order chi connectivity index (χ1) is 52.9. The lowest BCUT2D eigenvalue weighted by Gasteiger charge is -2.45. The van der Waals surface area contributed by atoms with Crippen molar-refractivity contribution in [1.29, 1.82) is 0 Å². The highest BCUT2D eigenvalue weighted by Gasteiger charge is 2.55. The van der Waals surface area contributed by atoms with Crippen molar-refractivity contribution in [2.75, 3.05) is 19.8 Å². The molecule has 562 valence electrons. The van der Waals surface area contributed by atoms with Gasteiger partial charge in [0.25, 0.3) is 0 Å². The third kappa shape index (κ3) is 22.5. The molecule has 1 aliphatic heterocycles. The van der Waals surface area contributed by atoms with E-state index in [1.807, 2.05) is 0 Å². The summed E-state index contributed by atoms with van der Waals surface area (Å²) in [5.74, 6) is -10.9. The zero-order valence-corrected chi connectivity index (χ0v) is 58.3. The number of aliphatic hydroxyl groups excluding tert-OH is 3. The molecule has 0 aromatic heterocycles. The summed E-state index contributed by atoms with van der Waals surface area (Å²) in [5, 5.41) is 38.3. The maximum atomic E-state index is 14.7. The van der Waals surface area contributed by atoms with Gasteiger partial charge in [0.05, 0.1) is 69.9 Å². The minimum absolute atomic E-state index is 0.0340. The van der Waals surface area contributed by atoms with Crippen LogP contribution in [0, 0.1) is 0 Å². The number of rotatable bonds is 34. The fourth-order valence-electron chi connectivity index (χ4n) is 11.3. The van der Waals surface area contributed by atoms with Crippen LogP contribution in [0.4, 0.5) is 0 Å². The van der Waals surface area contributed by atoms with Crippen molar-refractivity contribution >= 4 is 59.7 Å². The zero-order valence-electron chi connectivity index (χ0n) is 58.3. The summed E-state index contributed by atoms with van der Waals surface area (Å²) in [7, 11) is 0. The second kappa shape index (κ2) is 39.7. The number of hydrogen-bond acceptors (Lipinski definition) is 26. The van der Waals surface area contributed by atoms with Crippen molar-refractivity contribution in [2.45, 2.75) is 99.7 Å². The molecule has 9 aromatic carbocycles. The summed E-state index contributed by atoms with van der Waals surface area (Å²) in [6, 6.07) is 66.6. The van der Waals surface area contributed by atoms with Crippen LogP contribution in [0.15, 0.2) is 273 Å². The number of aliphatic hydroxyl groups is 3. The number of carbonyl (C=O) groups is 10. The van der Waals surface area contributed by atoms with Crippen LogP contribution in [0.3, 0.4) is 0 Å².